The fraction of sp³-hybridized carbons (Fsp3) is 0.250. The first-order valence-corrected chi connectivity index (χ1v) is 6.41. The van der Waals surface area contributed by atoms with Crippen LogP contribution in [0.15, 0.2) is 30.3 Å². The van der Waals surface area contributed by atoms with Gasteiger partial charge in [0.15, 0.2) is 0 Å². The minimum absolute atomic E-state index is 0.115. The van der Waals surface area contributed by atoms with E-state index < -0.39 is 11.7 Å². The van der Waals surface area contributed by atoms with E-state index in [0.29, 0.717) is 5.75 Å². The Morgan fingerprint density at radius 1 is 1.00 bits per heavy atom. The fourth-order valence-corrected chi connectivity index (χ4v) is 2.08. The second-order valence-corrected chi connectivity index (χ2v) is 5.05. The minimum atomic E-state index is -4.50. The van der Waals surface area contributed by atoms with Crippen molar-refractivity contribution in [2.24, 2.45) is 0 Å². The van der Waals surface area contributed by atoms with Crippen molar-refractivity contribution in [3.8, 4) is 11.5 Å². The number of hydrogen-bond donors (Lipinski definition) is 1. The van der Waals surface area contributed by atoms with E-state index >= 15 is 0 Å². The lowest BCUT2D eigenvalue weighted by atomic mass is 10.1. The molecule has 0 spiro atoms. The van der Waals surface area contributed by atoms with E-state index in [9.17, 15) is 13.2 Å². The second-order valence-electron chi connectivity index (χ2n) is 5.05. The Balaban J connectivity index is 2.41. The Morgan fingerprint density at radius 3 is 2.29 bits per heavy atom. The first-order valence-electron chi connectivity index (χ1n) is 6.41. The molecule has 0 atom stereocenters. The lowest BCUT2D eigenvalue weighted by molar-refractivity contribution is -0.137. The van der Waals surface area contributed by atoms with Crippen molar-refractivity contribution >= 4 is 5.69 Å². The second kappa shape index (κ2) is 5.31. The molecule has 21 heavy (non-hydrogen) atoms. The number of alkyl halides is 3. The normalized spacial score (nSPS) is 11.5. The molecular formula is C16H16F3NO. The molecule has 0 bridgehead atoms. The summed E-state index contributed by atoms with van der Waals surface area (Å²) in [6.07, 6.45) is -4.50. The van der Waals surface area contributed by atoms with Gasteiger partial charge in [0.1, 0.15) is 11.5 Å². The third-order valence-electron chi connectivity index (χ3n) is 3.32. The molecule has 2 nitrogen and oxygen atoms in total. The predicted octanol–water partition coefficient (Wildman–Crippen LogP) is 5.01. The van der Waals surface area contributed by atoms with Crippen molar-refractivity contribution < 1.29 is 17.9 Å². The molecule has 2 aromatic carbocycles. The quantitative estimate of drug-likeness (QED) is 0.791. The number of halogens is 3. The Morgan fingerprint density at radius 2 is 1.67 bits per heavy atom. The number of hydrogen-bond acceptors (Lipinski definition) is 2. The van der Waals surface area contributed by atoms with Crippen LogP contribution in [0, 0.1) is 20.8 Å². The number of anilines is 1. The van der Waals surface area contributed by atoms with Crippen LogP contribution in [0.1, 0.15) is 22.3 Å². The Bertz CT molecular complexity index is 678. The van der Waals surface area contributed by atoms with Crippen LogP contribution in [0.2, 0.25) is 0 Å². The molecule has 0 aliphatic carbocycles. The maximum Gasteiger partial charge on any atom is 0.418 e. The average Bonchev–Trinajstić information content (AvgIpc) is 2.36. The maximum atomic E-state index is 12.8. The number of nitrogens with two attached hydrogens (primary N) is 1. The molecule has 5 heteroatoms. The highest BCUT2D eigenvalue weighted by Gasteiger charge is 2.33. The fourth-order valence-electron chi connectivity index (χ4n) is 2.08. The van der Waals surface area contributed by atoms with E-state index in [2.05, 4.69) is 0 Å². The van der Waals surface area contributed by atoms with Crippen LogP contribution in [-0.2, 0) is 6.18 Å². The zero-order valence-electron chi connectivity index (χ0n) is 12.0. The van der Waals surface area contributed by atoms with Gasteiger partial charge in [0, 0.05) is 5.69 Å². The zero-order chi connectivity index (χ0) is 15.8. The number of benzene rings is 2. The lowest BCUT2D eigenvalue weighted by Crippen LogP contribution is -2.09. The molecule has 0 heterocycles. The van der Waals surface area contributed by atoms with E-state index in [4.69, 9.17) is 10.5 Å². The summed E-state index contributed by atoms with van der Waals surface area (Å²) in [5.74, 6) is 0.662. The first kappa shape index (κ1) is 15.2. The molecule has 0 saturated heterocycles. The van der Waals surface area contributed by atoms with Crippen LogP contribution in [0.5, 0.6) is 11.5 Å². The van der Waals surface area contributed by atoms with Crippen LogP contribution in [0.3, 0.4) is 0 Å². The molecule has 2 rings (SSSR count). The SMILES string of the molecule is Cc1cc(C)c(C)c(Oc2ccc(N)c(C(F)(F)F)c2)c1. The summed E-state index contributed by atoms with van der Waals surface area (Å²) in [5.41, 5.74) is 7.08. The van der Waals surface area contributed by atoms with Gasteiger partial charge in [-0.05, 0) is 61.7 Å². The molecule has 0 aromatic heterocycles. The molecule has 112 valence electrons. The molecule has 0 amide bonds. The van der Waals surface area contributed by atoms with E-state index in [-0.39, 0.29) is 11.4 Å². The number of ether oxygens (including phenoxy) is 1. The predicted molar refractivity (Wildman–Crippen MR) is 76.6 cm³/mol. The van der Waals surface area contributed by atoms with E-state index in [1.54, 1.807) is 6.07 Å². The third-order valence-corrected chi connectivity index (χ3v) is 3.32. The highest BCUT2D eigenvalue weighted by atomic mass is 19.4. The lowest BCUT2D eigenvalue weighted by Gasteiger charge is -2.15. The van der Waals surface area contributed by atoms with Gasteiger partial charge in [-0.2, -0.15) is 13.2 Å². The van der Waals surface area contributed by atoms with Gasteiger partial charge in [-0.1, -0.05) is 6.07 Å². The molecule has 0 saturated carbocycles. The van der Waals surface area contributed by atoms with Crippen molar-refractivity contribution in [1.82, 2.24) is 0 Å². The van der Waals surface area contributed by atoms with Gasteiger partial charge >= 0.3 is 6.18 Å². The van der Waals surface area contributed by atoms with Crippen molar-refractivity contribution in [3.05, 3.63) is 52.6 Å². The molecule has 0 fully saturated rings. The molecule has 0 aliphatic rings. The molecule has 0 unspecified atom stereocenters. The van der Waals surface area contributed by atoms with E-state index in [1.165, 1.54) is 12.1 Å². The third kappa shape index (κ3) is 3.29. The number of nitrogen functional groups attached to an aromatic ring is 1. The van der Waals surface area contributed by atoms with Gasteiger partial charge in [-0.3, -0.25) is 0 Å². The highest BCUT2D eigenvalue weighted by Crippen LogP contribution is 2.37. The summed E-state index contributed by atoms with van der Waals surface area (Å²) in [7, 11) is 0. The topological polar surface area (TPSA) is 35.2 Å². The van der Waals surface area contributed by atoms with Gasteiger partial charge in [0.25, 0.3) is 0 Å². The van der Waals surface area contributed by atoms with Gasteiger partial charge < -0.3 is 10.5 Å². The van der Waals surface area contributed by atoms with Crippen LogP contribution in [0.4, 0.5) is 18.9 Å². The summed E-state index contributed by atoms with van der Waals surface area (Å²) < 4.78 is 44.1. The Kier molecular flexibility index (Phi) is 3.85. The van der Waals surface area contributed by atoms with Crippen molar-refractivity contribution in [1.29, 1.82) is 0 Å². The Labute approximate surface area is 121 Å². The molecule has 0 aliphatic heterocycles. The van der Waals surface area contributed by atoms with Gasteiger partial charge in [-0.15, -0.1) is 0 Å². The van der Waals surface area contributed by atoms with Crippen LogP contribution >= 0.6 is 0 Å². The first-order chi connectivity index (χ1) is 9.68. The Hall–Kier alpha value is -2.17. The zero-order valence-corrected chi connectivity index (χ0v) is 12.0. The van der Waals surface area contributed by atoms with E-state index in [1.807, 2.05) is 26.8 Å². The molecule has 2 N–H and O–H groups in total. The van der Waals surface area contributed by atoms with Crippen molar-refractivity contribution in [3.63, 3.8) is 0 Å². The summed E-state index contributed by atoms with van der Waals surface area (Å²) >= 11 is 0. The average molecular weight is 295 g/mol. The summed E-state index contributed by atoms with van der Waals surface area (Å²) in [5, 5.41) is 0. The largest absolute Gasteiger partial charge is 0.457 e. The molecule has 0 radical (unpaired) electrons. The minimum Gasteiger partial charge on any atom is -0.457 e. The van der Waals surface area contributed by atoms with E-state index in [0.717, 1.165) is 22.8 Å². The summed E-state index contributed by atoms with van der Waals surface area (Å²) in [6.45, 7) is 5.70. The number of aryl methyl sites for hydroxylation is 2. The van der Waals surface area contributed by atoms with Crippen LogP contribution < -0.4 is 10.5 Å². The maximum absolute atomic E-state index is 12.8. The summed E-state index contributed by atoms with van der Waals surface area (Å²) in [6, 6.07) is 7.35. The monoisotopic (exact) mass is 295 g/mol. The standard InChI is InChI=1S/C16H16F3NO/c1-9-6-10(2)11(3)15(7-9)21-12-4-5-14(20)13(8-12)16(17,18)19/h4-8H,20H2,1-3H3. The summed E-state index contributed by atoms with van der Waals surface area (Å²) in [4.78, 5) is 0. The van der Waals surface area contributed by atoms with Crippen molar-refractivity contribution in [2.45, 2.75) is 26.9 Å². The van der Waals surface area contributed by atoms with Crippen molar-refractivity contribution in [2.75, 3.05) is 5.73 Å². The molecular weight excluding hydrogens is 279 g/mol. The van der Waals surface area contributed by atoms with Crippen LogP contribution in [0.25, 0.3) is 0 Å². The molecule has 2 aromatic rings. The van der Waals surface area contributed by atoms with Crippen LogP contribution in [-0.4, -0.2) is 0 Å². The smallest absolute Gasteiger partial charge is 0.418 e. The highest BCUT2D eigenvalue weighted by molar-refractivity contribution is 5.53. The van der Waals surface area contributed by atoms with Gasteiger partial charge in [0.05, 0.1) is 5.56 Å². The number of rotatable bonds is 2. The van der Waals surface area contributed by atoms with Gasteiger partial charge in [-0.25, -0.2) is 0 Å². The van der Waals surface area contributed by atoms with Gasteiger partial charge in [0.2, 0.25) is 0 Å².